The summed E-state index contributed by atoms with van der Waals surface area (Å²) >= 11 is 0. The molecule has 1 spiro atoms. The first kappa shape index (κ1) is 24.4. The van der Waals surface area contributed by atoms with Crippen molar-refractivity contribution in [3.63, 3.8) is 0 Å². The van der Waals surface area contributed by atoms with Gasteiger partial charge in [-0.15, -0.1) is 0 Å². The molecule has 0 bridgehead atoms. The van der Waals surface area contributed by atoms with E-state index < -0.39 is 5.54 Å². The van der Waals surface area contributed by atoms with E-state index in [0.29, 0.717) is 34.2 Å². The van der Waals surface area contributed by atoms with Crippen LogP contribution >= 0.6 is 0 Å². The van der Waals surface area contributed by atoms with Gasteiger partial charge >= 0.3 is 0 Å². The zero-order valence-corrected chi connectivity index (χ0v) is 21.8. The van der Waals surface area contributed by atoms with Gasteiger partial charge < -0.3 is 25.6 Å². The molecule has 3 aromatic rings. The third-order valence-corrected chi connectivity index (χ3v) is 7.90. The van der Waals surface area contributed by atoms with Gasteiger partial charge in [0.2, 0.25) is 0 Å². The summed E-state index contributed by atoms with van der Waals surface area (Å²) in [6.07, 6.45) is 8.05. The van der Waals surface area contributed by atoms with E-state index in [4.69, 9.17) is 0 Å². The Kier molecular flexibility index (Phi) is 6.22. The second kappa shape index (κ2) is 9.71. The molecule has 11 heteroatoms. The fourth-order valence-electron chi connectivity index (χ4n) is 5.84. The monoisotopic (exact) mass is 515 g/mol. The lowest BCUT2D eigenvalue weighted by molar-refractivity contribution is 0.0892. The van der Waals surface area contributed by atoms with Crippen LogP contribution in [-0.4, -0.2) is 68.9 Å². The smallest absolute Gasteiger partial charge is 0.254 e. The highest BCUT2D eigenvalue weighted by atomic mass is 16.5. The molecule has 5 heterocycles. The second-order valence-corrected chi connectivity index (χ2v) is 10.5. The molecule has 0 atom stereocenters. The number of rotatable bonds is 4. The Bertz CT molecular complexity index is 1420. The number of aromatic nitrogens is 4. The summed E-state index contributed by atoms with van der Waals surface area (Å²) in [6.45, 7) is 5.93. The van der Waals surface area contributed by atoms with Crippen LogP contribution in [0.2, 0.25) is 0 Å². The van der Waals surface area contributed by atoms with Crippen molar-refractivity contribution in [3.05, 3.63) is 59.1 Å². The van der Waals surface area contributed by atoms with Crippen molar-refractivity contribution in [2.75, 3.05) is 43.4 Å². The van der Waals surface area contributed by atoms with E-state index in [1.165, 1.54) is 6.33 Å². The molecule has 3 aromatic heterocycles. The molecular formula is C27H33N9O2. The van der Waals surface area contributed by atoms with Crippen molar-refractivity contribution in [2.45, 2.75) is 44.6 Å². The normalized spacial score (nSPS) is 19.5. The number of pyridine rings is 2. The van der Waals surface area contributed by atoms with E-state index in [0.717, 1.165) is 74.3 Å². The highest BCUT2D eigenvalue weighted by Gasteiger charge is 2.47. The van der Waals surface area contributed by atoms with Gasteiger partial charge in [-0.2, -0.15) is 4.73 Å². The van der Waals surface area contributed by atoms with Gasteiger partial charge in [-0.05, 0) is 50.6 Å². The Morgan fingerprint density at radius 3 is 2.55 bits per heavy atom. The molecule has 198 valence electrons. The van der Waals surface area contributed by atoms with Crippen LogP contribution in [0.5, 0.6) is 0 Å². The van der Waals surface area contributed by atoms with Crippen molar-refractivity contribution in [3.8, 4) is 0 Å². The molecule has 1 aliphatic carbocycles. The molecule has 0 radical (unpaired) electrons. The number of nitrogens with zero attached hydrogens (tertiary/aromatic N) is 7. The van der Waals surface area contributed by atoms with Crippen LogP contribution in [0.4, 0.5) is 23.1 Å². The lowest BCUT2D eigenvalue weighted by Crippen LogP contribution is -2.44. The van der Waals surface area contributed by atoms with Crippen LogP contribution in [0.25, 0.3) is 0 Å². The van der Waals surface area contributed by atoms with Crippen LogP contribution in [0.3, 0.4) is 0 Å². The van der Waals surface area contributed by atoms with Gasteiger partial charge in [-0.3, -0.25) is 4.79 Å². The number of piperazine rings is 1. The molecule has 1 saturated carbocycles. The molecule has 2 aliphatic heterocycles. The minimum absolute atomic E-state index is 0.131. The summed E-state index contributed by atoms with van der Waals surface area (Å²) in [7, 11) is 2.14. The van der Waals surface area contributed by atoms with Crippen molar-refractivity contribution in [1.29, 1.82) is 0 Å². The fraction of sp³-hybridized carbons (Fsp3) is 0.444. The molecule has 3 N–H and O–H groups in total. The molecule has 1 amide bonds. The zero-order valence-electron chi connectivity index (χ0n) is 21.8. The van der Waals surface area contributed by atoms with Crippen molar-refractivity contribution >= 4 is 29.0 Å². The van der Waals surface area contributed by atoms with Gasteiger partial charge in [0.1, 0.15) is 18.0 Å². The van der Waals surface area contributed by atoms with Gasteiger partial charge in [0, 0.05) is 32.2 Å². The number of carbonyl (C=O) groups excluding carboxylic acids is 1. The van der Waals surface area contributed by atoms with Crippen LogP contribution in [0.15, 0.2) is 41.8 Å². The number of hydrogen-bond donors (Lipinski definition) is 3. The van der Waals surface area contributed by atoms with Crippen molar-refractivity contribution < 1.29 is 10.0 Å². The third kappa shape index (κ3) is 4.47. The highest BCUT2D eigenvalue weighted by Crippen LogP contribution is 2.42. The molecule has 3 aliphatic rings. The SMILES string of the molecule is Cc1cc(=Nc2cc(Nc3ccc(N4CCN(C)CC4)cn3)ncn2)n(O)c2c1C(=O)NC21CCCCC1. The second-order valence-electron chi connectivity index (χ2n) is 10.5. The number of amides is 1. The largest absolute Gasteiger partial charge is 0.427 e. The van der Waals surface area contributed by atoms with E-state index in [1.54, 1.807) is 12.1 Å². The van der Waals surface area contributed by atoms with Crippen molar-refractivity contribution in [2.24, 2.45) is 4.99 Å². The average Bonchev–Trinajstić information content (AvgIpc) is 3.20. The summed E-state index contributed by atoms with van der Waals surface area (Å²) in [5.74, 6) is 1.46. The number of anilines is 3. The zero-order chi connectivity index (χ0) is 26.3. The van der Waals surface area contributed by atoms with E-state index in [2.05, 4.69) is 53.5 Å². The lowest BCUT2D eigenvalue weighted by Gasteiger charge is -2.34. The number of nitrogens with one attached hydrogen (secondary N) is 2. The Hall–Kier alpha value is -3.99. The molecule has 2 fully saturated rings. The van der Waals surface area contributed by atoms with Crippen LogP contribution in [0.1, 0.15) is 53.7 Å². The fourth-order valence-corrected chi connectivity index (χ4v) is 5.84. The number of fused-ring (bicyclic) bond motifs is 2. The van der Waals surface area contributed by atoms with Crippen LogP contribution in [0, 0.1) is 6.92 Å². The first-order chi connectivity index (χ1) is 18.4. The van der Waals surface area contributed by atoms with E-state index >= 15 is 0 Å². The van der Waals surface area contributed by atoms with Gasteiger partial charge in [0.05, 0.1) is 28.7 Å². The summed E-state index contributed by atoms with van der Waals surface area (Å²) in [4.78, 5) is 35.3. The lowest BCUT2D eigenvalue weighted by atomic mass is 9.79. The average molecular weight is 516 g/mol. The molecule has 6 rings (SSSR count). The Morgan fingerprint density at radius 1 is 1.03 bits per heavy atom. The summed E-state index contributed by atoms with van der Waals surface area (Å²) < 4.78 is 1.07. The minimum Gasteiger partial charge on any atom is -0.427 e. The van der Waals surface area contributed by atoms with E-state index in [9.17, 15) is 10.0 Å². The van der Waals surface area contributed by atoms with Gasteiger partial charge in [0.25, 0.3) is 5.91 Å². The van der Waals surface area contributed by atoms with Crippen LogP contribution < -0.4 is 21.0 Å². The molecule has 1 saturated heterocycles. The highest BCUT2D eigenvalue weighted by molar-refractivity contribution is 6.00. The van der Waals surface area contributed by atoms with Gasteiger partial charge in [-0.1, -0.05) is 19.3 Å². The summed E-state index contributed by atoms with van der Waals surface area (Å²) in [6, 6.07) is 7.42. The summed E-state index contributed by atoms with van der Waals surface area (Å²) in [5.41, 5.74) is 2.81. The Morgan fingerprint density at radius 2 is 1.82 bits per heavy atom. The first-order valence-corrected chi connectivity index (χ1v) is 13.2. The molecule has 11 nitrogen and oxygen atoms in total. The molecule has 38 heavy (non-hydrogen) atoms. The number of aryl methyl sites for hydroxylation is 1. The number of likely N-dealkylation sites (N-methyl/N-ethyl adjacent to an activating group) is 1. The van der Waals surface area contributed by atoms with E-state index in [-0.39, 0.29) is 5.91 Å². The first-order valence-electron chi connectivity index (χ1n) is 13.2. The quantitative estimate of drug-likeness (QED) is 0.453. The maximum absolute atomic E-state index is 12.8. The Balaban J connectivity index is 1.26. The van der Waals surface area contributed by atoms with Gasteiger partial charge in [0.15, 0.2) is 11.3 Å². The number of carbonyl (C=O) groups is 1. The summed E-state index contributed by atoms with van der Waals surface area (Å²) in [5, 5.41) is 17.6. The minimum atomic E-state index is -0.546. The number of hydrogen-bond acceptors (Lipinski definition) is 9. The molecule has 0 unspecified atom stereocenters. The Labute approximate surface area is 221 Å². The van der Waals surface area contributed by atoms with Gasteiger partial charge in [-0.25, -0.2) is 19.9 Å². The maximum atomic E-state index is 12.8. The van der Waals surface area contributed by atoms with Crippen LogP contribution in [-0.2, 0) is 5.54 Å². The molecular weight excluding hydrogens is 482 g/mol. The molecule has 0 aromatic carbocycles. The third-order valence-electron chi connectivity index (χ3n) is 7.90. The predicted molar refractivity (Wildman–Crippen MR) is 143 cm³/mol. The maximum Gasteiger partial charge on any atom is 0.254 e. The van der Waals surface area contributed by atoms with Crippen molar-refractivity contribution in [1.82, 2.24) is 29.9 Å². The predicted octanol–water partition coefficient (Wildman–Crippen LogP) is 2.85. The van der Waals surface area contributed by atoms with E-state index in [1.807, 2.05) is 19.2 Å². The topological polar surface area (TPSA) is 124 Å². The standard InChI is InChI=1S/C27H33N9O2/c1-18-14-23(36(38)25-24(18)26(37)33-27(25)8-4-3-5-9-27)32-22-15-21(29-17-30-22)31-20-7-6-19(16-28-20)35-12-10-34(2)11-13-35/h6-7,14-17,38H,3-5,8-13H2,1-2H3,(H,33,37)(H,28,29,30,31).